The number of hydrogen-bond acceptors (Lipinski definition) is 6. The van der Waals surface area contributed by atoms with E-state index in [4.69, 9.17) is 0 Å². The molecule has 2 aromatic rings. The molecule has 2 aromatic heterocycles. The highest BCUT2D eigenvalue weighted by atomic mass is 32.1. The van der Waals surface area contributed by atoms with Crippen molar-refractivity contribution in [2.75, 3.05) is 5.32 Å². The van der Waals surface area contributed by atoms with Gasteiger partial charge in [-0.05, 0) is 6.92 Å². The van der Waals surface area contributed by atoms with E-state index in [0.717, 1.165) is 11.5 Å². The Bertz CT molecular complexity index is 723. The van der Waals surface area contributed by atoms with Gasteiger partial charge in [0.15, 0.2) is 0 Å². The number of aryl methyl sites for hydroxylation is 1. The zero-order chi connectivity index (χ0) is 14.3. The molecule has 0 aromatic carbocycles. The number of nitrogens with one attached hydrogen (secondary N) is 1. The third kappa shape index (κ3) is 2.05. The lowest BCUT2D eigenvalue weighted by Crippen LogP contribution is -2.30. The fourth-order valence-electron chi connectivity index (χ4n) is 2.08. The molecule has 0 spiro atoms. The molecule has 3 rings (SSSR count). The van der Waals surface area contributed by atoms with Gasteiger partial charge in [-0.25, -0.2) is 9.78 Å². The summed E-state index contributed by atoms with van der Waals surface area (Å²) in [4.78, 5) is 30.1. The van der Waals surface area contributed by atoms with Gasteiger partial charge in [-0.2, -0.15) is 0 Å². The lowest BCUT2D eigenvalue weighted by atomic mass is 10.2. The molecule has 8 nitrogen and oxygen atoms in total. The number of nitrogens with zero attached hydrogens (tertiary/aromatic N) is 5. The first kappa shape index (κ1) is 12.7. The van der Waals surface area contributed by atoms with Crippen molar-refractivity contribution in [1.82, 2.24) is 24.0 Å². The van der Waals surface area contributed by atoms with Crippen molar-refractivity contribution in [2.45, 2.75) is 20.0 Å². The van der Waals surface area contributed by atoms with Crippen LogP contribution in [0.4, 0.5) is 9.80 Å². The molecule has 0 saturated carbocycles. The summed E-state index contributed by atoms with van der Waals surface area (Å²) in [5.41, 5.74) is 1.15. The van der Waals surface area contributed by atoms with Crippen molar-refractivity contribution < 1.29 is 4.79 Å². The van der Waals surface area contributed by atoms with Crippen LogP contribution in [0.1, 0.15) is 17.1 Å². The van der Waals surface area contributed by atoms with E-state index in [1.165, 1.54) is 15.7 Å². The predicted molar refractivity (Wildman–Crippen MR) is 72.4 cm³/mol. The van der Waals surface area contributed by atoms with Gasteiger partial charge in [0.05, 0.1) is 30.5 Å². The number of anilines is 1. The maximum atomic E-state index is 12.1. The molecule has 104 valence electrons. The maximum Gasteiger partial charge on any atom is 0.323 e. The minimum atomic E-state index is -0.284. The summed E-state index contributed by atoms with van der Waals surface area (Å²) in [7, 11) is 1.68. The number of carbonyl (C=O) groups excluding carboxylic acids is 1. The molecule has 3 heterocycles. The average Bonchev–Trinajstić information content (AvgIpc) is 3.05. The Morgan fingerprint density at radius 1 is 1.45 bits per heavy atom. The van der Waals surface area contributed by atoms with Crippen LogP contribution in [-0.4, -0.2) is 30.1 Å². The number of amides is 2. The van der Waals surface area contributed by atoms with Gasteiger partial charge in [0, 0.05) is 18.6 Å². The van der Waals surface area contributed by atoms with Crippen LogP contribution in [0.15, 0.2) is 11.0 Å². The minimum Gasteiger partial charge on any atom is -0.314 e. The molecule has 20 heavy (non-hydrogen) atoms. The number of urea groups is 1. The Morgan fingerprint density at radius 3 is 2.95 bits per heavy atom. The van der Waals surface area contributed by atoms with Gasteiger partial charge in [-0.3, -0.25) is 14.7 Å². The van der Waals surface area contributed by atoms with Crippen molar-refractivity contribution in [2.24, 2.45) is 7.05 Å². The second-order valence-corrected chi connectivity index (χ2v) is 5.30. The van der Waals surface area contributed by atoms with Crippen molar-refractivity contribution in [3.63, 3.8) is 0 Å². The molecule has 1 aliphatic heterocycles. The van der Waals surface area contributed by atoms with E-state index in [1.807, 2.05) is 0 Å². The molecule has 2 amide bonds. The highest BCUT2D eigenvalue weighted by Crippen LogP contribution is 2.20. The third-order valence-corrected chi connectivity index (χ3v) is 3.84. The summed E-state index contributed by atoms with van der Waals surface area (Å²) in [6, 6.07) is -0.284. The molecule has 9 heteroatoms. The number of fused-ring (bicyclic) bond motifs is 1. The predicted octanol–water partition coefficient (Wildman–Crippen LogP) is 0.488. The molecular weight excluding hydrogens is 280 g/mol. The summed E-state index contributed by atoms with van der Waals surface area (Å²) in [5.74, 6) is 0.641. The Kier molecular flexibility index (Phi) is 2.97. The van der Waals surface area contributed by atoms with Gasteiger partial charge >= 0.3 is 6.03 Å². The zero-order valence-electron chi connectivity index (χ0n) is 11.0. The molecule has 0 saturated heterocycles. The molecular formula is C11H12N6O2S. The van der Waals surface area contributed by atoms with Gasteiger partial charge in [-0.1, -0.05) is 4.49 Å². The fourth-order valence-corrected chi connectivity index (χ4v) is 2.49. The van der Waals surface area contributed by atoms with Gasteiger partial charge < -0.3 is 4.90 Å². The van der Waals surface area contributed by atoms with Gasteiger partial charge in [0.2, 0.25) is 0 Å². The molecule has 0 bridgehead atoms. The number of hydrogen-bond donors (Lipinski definition) is 1. The van der Waals surface area contributed by atoms with Gasteiger partial charge in [0.1, 0.15) is 10.8 Å². The largest absolute Gasteiger partial charge is 0.323 e. The van der Waals surface area contributed by atoms with Crippen molar-refractivity contribution in [3.05, 3.63) is 33.6 Å². The Labute approximate surface area is 118 Å². The third-order valence-electron chi connectivity index (χ3n) is 3.26. The summed E-state index contributed by atoms with van der Waals surface area (Å²) in [5, 5.41) is 6.91. The van der Waals surface area contributed by atoms with Crippen LogP contribution in [0.25, 0.3) is 0 Å². The minimum absolute atomic E-state index is 0.0951. The van der Waals surface area contributed by atoms with Crippen LogP contribution in [0.3, 0.4) is 0 Å². The van der Waals surface area contributed by atoms with Crippen LogP contribution in [0.2, 0.25) is 0 Å². The van der Waals surface area contributed by atoms with Crippen LogP contribution < -0.4 is 10.9 Å². The van der Waals surface area contributed by atoms with E-state index >= 15 is 0 Å². The van der Waals surface area contributed by atoms with E-state index in [1.54, 1.807) is 14.0 Å². The number of aromatic nitrogens is 4. The monoisotopic (exact) mass is 292 g/mol. The second-order valence-electron chi connectivity index (χ2n) is 4.52. The molecule has 0 unspecified atom stereocenters. The highest BCUT2D eigenvalue weighted by molar-refractivity contribution is 7.10. The van der Waals surface area contributed by atoms with Crippen molar-refractivity contribution in [1.29, 1.82) is 0 Å². The lowest BCUT2D eigenvalue weighted by Gasteiger charge is -2.14. The Balaban J connectivity index is 1.82. The summed E-state index contributed by atoms with van der Waals surface area (Å²) < 4.78 is 5.16. The Hall–Kier alpha value is -2.29. The van der Waals surface area contributed by atoms with Crippen molar-refractivity contribution in [3.8, 4) is 0 Å². The van der Waals surface area contributed by atoms with E-state index in [2.05, 4.69) is 19.9 Å². The first-order valence-electron chi connectivity index (χ1n) is 5.95. The van der Waals surface area contributed by atoms with E-state index in [-0.39, 0.29) is 18.1 Å². The summed E-state index contributed by atoms with van der Waals surface area (Å²) >= 11 is 1.10. The standard InChI is InChI=1S/C11H12N6O2S/c1-6-13-8-5-17(4-7(8)10(18)16(6)2)11(19)14-9-3-12-15-20-9/h3H,4-5H2,1-2H3,(H,14,19). The molecule has 1 N–H and O–H groups in total. The maximum absolute atomic E-state index is 12.1. The Morgan fingerprint density at radius 2 is 2.25 bits per heavy atom. The van der Waals surface area contributed by atoms with Gasteiger partial charge in [-0.15, -0.1) is 5.10 Å². The van der Waals surface area contributed by atoms with Crippen molar-refractivity contribution >= 4 is 22.6 Å². The van der Waals surface area contributed by atoms with E-state index in [9.17, 15) is 9.59 Å². The molecule has 0 radical (unpaired) electrons. The SMILES string of the molecule is Cc1nc2c(c(=O)n1C)CN(C(=O)Nc1cnns1)C2. The number of rotatable bonds is 1. The quantitative estimate of drug-likeness (QED) is 0.825. The molecule has 0 fully saturated rings. The van der Waals surface area contributed by atoms with Crippen LogP contribution in [0, 0.1) is 6.92 Å². The van der Waals surface area contributed by atoms with E-state index < -0.39 is 0 Å². The second kappa shape index (κ2) is 4.67. The average molecular weight is 292 g/mol. The fraction of sp³-hybridized carbons (Fsp3) is 0.364. The molecule has 0 atom stereocenters. The molecule has 1 aliphatic rings. The lowest BCUT2D eigenvalue weighted by molar-refractivity contribution is 0.212. The highest BCUT2D eigenvalue weighted by Gasteiger charge is 2.28. The zero-order valence-corrected chi connectivity index (χ0v) is 11.8. The van der Waals surface area contributed by atoms with Crippen LogP contribution in [-0.2, 0) is 20.1 Å². The van der Waals surface area contributed by atoms with Crippen LogP contribution in [0.5, 0.6) is 0 Å². The summed E-state index contributed by atoms with van der Waals surface area (Å²) in [6.07, 6.45) is 1.48. The smallest absolute Gasteiger partial charge is 0.314 e. The summed E-state index contributed by atoms with van der Waals surface area (Å²) in [6.45, 7) is 2.38. The number of carbonyl (C=O) groups is 1. The molecule has 0 aliphatic carbocycles. The van der Waals surface area contributed by atoms with Gasteiger partial charge in [0.25, 0.3) is 5.56 Å². The van der Waals surface area contributed by atoms with Crippen LogP contribution >= 0.6 is 11.5 Å². The normalized spacial score (nSPS) is 13.4. The first-order chi connectivity index (χ1) is 9.56. The topological polar surface area (TPSA) is 93.0 Å². The first-order valence-corrected chi connectivity index (χ1v) is 6.72. The van der Waals surface area contributed by atoms with E-state index in [0.29, 0.717) is 28.6 Å².